The second-order valence-electron chi connectivity index (χ2n) is 8.07. The zero-order valence-electron chi connectivity index (χ0n) is 19.2. The number of piperazine rings is 1. The number of carbonyl (C=O) groups excluding carboxylic acids is 1. The molecular weight excluding hydrogens is 424 g/mol. The Morgan fingerprint density at radius 1 is 0.912 bits per heavy atom. The van der Waals surface area contributed by atoms with Crippen molar-refractivity contribution in [2.45, 2.75) is 6.04 Å². The fraction of sp³-hybridized carbons (Fsp3) is 0.214. The molecule has 0 aromatic heterocycles. The Labute approximate surface area is 200 Å². The molecule has 4 rings (SSSR count). The van der Waals surface area contributed by atoms with Crippen LogP contribution in [0.15, 0.2) is 96.7 Å². The van der Waals surface area contributed by atoms with Gasteiger partial charge in [0.15, 0.2) is 0 Å². The summed E-state index contributed by atoms with van der Waals surface area (Å²) in [6.45, 7) is 2.56. The van der Waals surface area contributed by atoms with Crippen molar-refractivity contribution in [1.82, 2.24) is 9.80 Å². The first-order valence-corrected chi connectivity index (χ1v) is 11.3. The second kappa shape index (κ2) is 11.2. The van der Waals surface area contributed by atoms with Gasteiger partial charge in [0.1, 0.15) is 17.4 Å². The predicted octanol–water partition coefficient (Wildman–Crippen LogP) is 4.45. The number of hydrogen-bond acceptors (Lipinski definition) is 5. The van der Waals surface area contributed by atoms with Gasteiger partial charge in [-0.25, -0.2) is 0 Å². The van der Waals surface area contributed by atoms with Crippen molar-refractivity contribution in [3.63, 3.8) is 0 Å². The van der Waals surface area contributed by atoms with E-state index >= 15 is 0 Å². The third kappa shape index (κ3) is 5.28. The maximum absolute atomic E-state index is 13.1. The quantitative estimate of drug-likeness (QED) is 0.424. The van der Waals surface area contributed by atoms with E-state index in [1.54, 1.807) is 12.0 Å². The number of hydrogen-bond donors (Lipinski definition) is 1. The first kappa shape index (κ1) is 23.1. The molecule has 1 aliphatic heterocycles. The predicted molar refractivity (Wildman–Crippen MR) is 133 cm³/mol. The van der Waals surface area contributed by atoms with Gasteiger partial charge in [-0.15, -0.1) is 0 Å². The molecule has 3 aromatic rings. The molecule has 1 heterocycles. The van der Waals surface area contributed by atoms with E-state index in [2.05, 4.69) is 58.7 Å². The molecule has 1 aliphatic rings. The number of rotatable bonds is 7. The summed E-state index contributed by atoms with van der Waals surface area (Å²) in [5, 5.41) is 12.7. The zero-order valence-corrected chi connectivity index (χ0v) is 19.2. The molecule has 0 aliphatic carbocycles. The van der Waals surface area contributed by atoms with E-state index in [1.165, 1.54) is 17.3 Å². The Kier molecular flexibility index (Phi) is 7.59. The number of benzene rings is 3. The molecule has 6 nitrogen and oxygen atoms in total. The molecule has 0 radical (unpaired) electrons. The Morgan fingerprint density at radius 2 is 1.47 bits per heavy atom. The highest BCUT2D eigenvalue weighted by atomic mass is 16.5. The number of nitrogens with zero attached hydrogens (tertiary/aromatic N) is 3. The van der Waals surface area contributed by atoms with E-state index in [0.717, 1.165) is 13.1 Å². The van der Waals surface area contributed by atoms with Gasteiger partial charge in [-0.05, 0) is 23.3 Å². The van der Waals surface area contributed by atoms with Crippen molar-refractivity contribution in [1.29, 1.82) is 5.26 Å². The normalized spacial score (nSPS) is 14.5. The number of ether oxygens (including phenoxy) is 1. The number of carbonyl (C=O) groups is 1. The van der Waals surface area contributed by atoms with Gasteiger partial charge in [0, 0.05) is 32.4 Å². The molecule has 1 amide bonds. The lowest BCUT2D eigenvalue weighted by Gasteiger charge is -2.39. The molecule has 6 heteroatoms. The third-order valence-electron chi connectivity index (χ3n) is 6.03. The highest BCUT2D eigenvalue weighted by Gasteiger charge is 2.29. The summed E-state index contributed by atoms with van der Waals surface area (Å²) in [5.41, 5.74) is 3.23. The van der Waals surface area contributed by atoms with Crippen LogP contribution in [-0.4, -0.2) is 49.0 Å². The van der Waals surface area contributed by atoms with Crippen molar-refractivity contribution in [2.24, 2.45) is 0 Å². The second-order valence-corrected chi connectivity index (χ2v) is 8.07. The molecular formula is C28H28N4O2. The van der Waals surface area contributed by atoms with Gasteiger partial charge in [0.05, 0.1) is 18.8 Å². The number of methoxy groups -OCH3 is 1. The summed E-state index contributed by atoms with van der Waals surface area (Å²) in [6.07, 6.45) is 1.46. The third-order valence-corrected chi connectivity index (χ3v) is 6.03. The Bertz CT molecular complexity index is 1120. The van der Waals surface area contributed by atoms with Crippen LogP contribution in [0.2, 0.25) is 0 Å². The molecule has 1 saturated heterocycles. The number of nitriles is 1. The summed E-state index contributed by atoms with van der Waals surface area (Å²) >= 11 is 0. The van der Waals surface area contributed by atoms with Crippen LogP contribution < -0.4 is 10.1 Å². The van der Waals surface area contributed by atoms with Gasteiger partial charge >= 0.3 is 0 Å². The summed E-state index contributed by atoms with van der Waals surface area (Å²) in [7, 11) is 1.58. The molecule has 1 fully saturated rings. The number of para-hydroxylation sites is 2. The largest absolute Gasteiger partial charge is 0.495 e. The highest BCUT2D eigenvalue weighted by Crippen LogP contribution is 2.29. The van der Waals surface area contributed by atoms with Crippen molar-refractivity contribution in [2.75, 3.05) is 38.6 Å². The lowest BCUT2D eigenvalue weighted by atomic mass is 9.96. The van der Waals surface area contributed by atoms with Crippen LogP contribution in [0.4, 0.5) is 5.69 Å². The van der Waals surface area contributed by atoms with E-state index in [9.17, 15) is 10.1 Å². The van der Waals surface area contributed by atoms with Gasteiger partial charge < -0.3 is 15.0 Å². The smallest absolute Gasteiger partial charge is 0.266 e. The van der Waals surface area contributed by atoms with Gasteiger partial charge in [0.2, 0.25) is 0 Å². The molecule has 172 valence electrons. The maximum Gasteiger partial charge on any atom is 0.266 e. The Hall–Kier alpha value is -4.08. The lowest BCUT2D eigenvalue weighted by molar-refractivity contribution is -0.128. The number of nitrogens with one attached hydrogen (secondary N) is 1. The van der Waals surface area contributed by atoms with Gasteiger partial charge in [-0.2, -0.15) is 5.26 Å². The average molecular weight is 453 g/mol. The topological polar surface area (TPSA) is 68.6 Å². The molecule has 0 atom stereocenters. The minimum Gasteiger partial charge on any atom is -0.495 e. The molecule has 0 unspecified atom stereocenters. The SMILES string of the molecule is COc1ccccc1N/C=C(/C#N)C(=O)N1CCN(C(c2ccccc2)c2ccccc2)CC1. The number of anilines is 1. The molecule has 0 bridgehead atoms. The lowest BCUT2D eigenvalue weighted by Crippen LogP contribution is -2.50. The molecule has 3 aromatic carbocycles. The summed E-state index contributed by atoms with van der Waals surface area (Å²) < 4.78 is 5.32. The minimum atomic E-state index is -0.263. The summed E-state index contributed by atoms with van der Waals surface area (Å²) in [5.74, 6) is 0.380. The fourth-order valence-electron chi connectivity index (χ4n) is 4.29. The molecule has 0 saturated carbocycles. The van der Waals surface area contributed by atoms with E-state index in [0.29, 0.717) is 24.5 Å². The minimum absolute atomic E-state index is 0.0713. The zero-order chi connectivity index (χ0) is 23.8. The molecule has 1 N–H and O–H groups in total. The van der Waals surface area contributed by atoms with Crippen LogP contribution in [-0.2, 0) is 4.79 Å². The van der Waals surface area contributed by atoms with E-state index < -0.39 is 0 Å². The number of amides is 1. The molecule has 0 spiro atoms. The Morgan fingerprint density at radius 3 is 2.03 bits per heavy atom. The van der Waals surface area contributed by atoms with Crippen LogP contribution in [0, 0.1) is 11.3 Å². The average Bonchev–Trinajstić information content (AvgIpc) is 2.91. The van der Waals surface area contributed by atoms with Crippen molar-refractivity contribution < 1.29 is 9.53 Å². The Balaban J connectivity index is 1.45. The van der Waals surface area contributed by atoms with Gasteiger partial charge in [0.25, 0.3) is 5.91 Å². The fourth-order valence-corrected chi connectivity index (χ4v) is 4.29. The van der Waals surface area contributed by atoms with Crippen LogP contribution in [0.1, 0.15) is 17.2 Å². The van der Waals surface area contributed by atoms with Crippen LogP contribution in [0.5, 0.6) is 5.75 Å². The van der Waals surface area contributed by atoms with Gasteiger partial charge in [-0.3, -0.25) is 9.69 Å². The standard InChI is InChI=1S/C28H28N4O2/c1-34-26-15-9-8-14-25(26)30-21-24(20-29)28(33)32-18-16-31(17-19-32)27(22-10-4-2-5-11-22)23-12-6-3-7-13-23/h2-15,21,27,30H,16-19H2,1H3/b24-21-. The van der Waals surface area contributed by atoms with Gasteiger partial charge in [-0.1, -0.05) is 72.8 Å². The first-order chi connectivity index (χ1) is 16.7. The van der Waals surface area contributed by atoms with E-state index in [-0.39, 0.29) is 17.5 Å². The van der Waals surface area contributed by atoms with Crippen LogP contribution in [0.25, 0.3) is 0 Å². The highest BCUT2D eigenvalue weighted by molar-refractivity contribution is 5.97. The van der Waals surface area contributed by atoms with Crippen molar-refractivity contribution >= 4 is 11.6 Å². The maximum atomic E-state index is 13.1. The van der Waals surface area contributed by atoms with E-state index in [4.69, 9.17) is 4.74 Å². The van der Waals surface area contributed by atoms with Crippen LogP contribution in [0.3, 0.4) is 0 Å². The molecule has 34 heavy (non-hydrogen) atoms. The monoisotopic (exact) mass is 452 g/mol. The van der Waals surface area contributed by atoms with E-state index in [1.807, 2.05) is 42.5 Å². The first-order valence-electron chi connectivity index (χ1n) is 11.3. The van der Waals surface area contributed by atoms with Crippen LogP contribution >= 0.6 is 0 Å². The summed E-state index contributed by atoms with van der Waals surface area (Å²) in [6, 6.07) is 30.4. The summed E-state index contributed by atoms with van der Waals surface area (Å²) in [4.78, 5) is 17.2. The van der Waals surface area contributed by atoms with Crippen molar-refractivity contribution in [3.05, 3.63) is 108 Å². The van der Waals surface area contributed by atoms with Crippen molar-refractivity contribution in [3.8, 4) is 11.8 Å².